The predicted molar refractivity (Wildman–Crippen MR) is 58.5 cm³/mol. The van der Waals surface area contributed by atoms with Crippen LogP contribution in [0.3, 0.4) is 0 Å². The zero-order valence-electron chi connectivity index (χ0n) is 7.47. The Morgan fingerprint density at radius 1 is 1.42 bits per heavy atom. The van der Waals surface area contributed by atoms with E-state index in [-0.39, 0.29) is 4.75 Å². The first-order valence-corrected chi connectivity index (χ1v) is 5.75. The van der Waals surface area contributed by atoms with E-state index in [4.69, 9.17) is 0 Å². The smallest absolute Gasteiger partial charge is 0.106 e. The molecule has 0 spiro atoms. The molecular formula is C9H12BrNS. The molecule has 1 aromatic rings. The molecule has 0 atom stereocenters. The van der Waals surface area contributed by atoms with E-state index >= 15 is 0 Å². The molecule has 1 nitrogen and oxygen atoms in total. The lowest BCUT2D eigenvalue weighted by Gasteiger charge is -2.21. The summed E-state index contributed by atoms with van der Waals surface area (Å²) in [5.41, 5.74) is 1.26. The summed E-state index contributed by atoms with van der Waals surface area (Å²) >= 11 is 5.15. The highest BCUT2D eigenvalue weighted by Crippen LogP contribution is 2.33. The van der Waals surface area contributed by atoms with Crippen molar-refractivity contribution in [3.8, 4) is 0 Å². The highest BCUT2D eigenvalue weighted by atomic mass is 79.9. The van der Waals surface area contributed by atoms with Crippen LogP contribution in [0, 0.1) is 0 Å². The molecule has 0 aliphatic carbocycles. The molecule has 1 aromatic heterocycles. The van der Waals surface area contributed by atoms with Crippen LogP contribution in [0.4, 0.5) is 0 Å². The molecule has 0 amide bonds. The Bertz CT molecular complexity index is 256. The first-order chi connectivity index (χ1) is 5.56. The molecule has 0 unspecified atom stereocenters. The van der Waals surface area contributed by atoms with Gasteiger partial charge in [-0.25, -0.2) is 4.98 Å². The third-order valence-corrected chi connectivity index (χ3v) is 3.66. The second-order valence-corrected chi connectivity index (χ2v) is 5.33. The summed E-state index contributed by atoms with van der Waals surface area (Å²) in [6.07, 6.45) is 4.03. The van der Waals surface area contributed by atoms with Gasteiger partial charge in [-0.3, -0.25) is 0 Å². The van der Waals surface area contributed by atoms with Gasteiger partial charge in [0.2, 0.25) is 0 Å². The van der Waals surface area contributed by atoms with E-state index in [0.29, 0.717) is 0 Å². The van der Waals surface area contributed by atoms with Crippen LogP contribution < -0.4 is 0 Å². The molecule has 1 heterocycles. The van der Waals surface area contributed by atoms with Crippen molar-refractivity contribution in [2.75, 3.05) is 6.26 Å². The van der Waals surface area contributed by atoms with Gasteiger partial charge < -0.3 is 0 Å². The highest BCUT2D eigenvalue weighted by molar-refractivity contribution is 9.10. The molecule has 3 heteroatoms. The Kier molecular flexibility index (Phi) is 3.18. The Morgan fingerprint density at radius 3 is 2.50 bits per heavy atom. The van der Waals surface area contributed by atoms with E-state index in [1.54, 1.807) is 0 Å². The molecule has 0 saturated heterocycles. The minimum absolute atomic E-state index is 0.160. The fourth-order valence-electron chi connectivity index (χ4n) is 0.850. The highest BCUT2D eigenvalue weighted by Gasteiger charge is 2.18. The van der Waals surface area contributed by atoms with Gasteiger partial charge in [0, 0.05) is 10.9 Å². The quantitative estimate of drug-likeness (QED) is 0.741. The van der Waals surface area contributed by atoms with Crippen molar-refractivity contribution in [2.24, 2.45) is 0 Å². The number of nitrogens with zero attached hydrogens (tertiary/aromatic N) is 1. The number of aromatic nitrogens is 1. The van der Waals surface area contributed by atoms with Crippen LogP contribution in [0.2, 0.25) is 0 Å². The van der Waals surface area contributed by atoms with Crippen molar-refractivity contribution in [1.29, 1.82) is 0 Å². The molecule has 0 aliphatic rings. The number of thioether (sulfide) groups is 1. The topological polar surface area (TPSA) is 12.9 Å². The minimum atomic E-state index is 0.160. The number of pyridine rings is 1. The minimum Gasteiger partial charge on any atom is -0.249 e. The Hall–Kier alpha value is -0.0200. The maximum atomic E-state index is 4.20. The average Bonchev–Trinajstić information content (AvgIpc) is 2.05. The molecule has 0 aromatic carbocycles. The second-order valence-electron chi connectivity index (χ2n) is 3.08. The van der Waals surface area contributed by atoms with Crippen LogP contribution in [-0.4, -0.2) is 11.2 Å². The number of rotatable bonds is 2. The average molecular weight is 246 g/mol. The number of hydrogen-bond acceptors (Lipinski definition) is 2. The van der Waals surface area contributed by atoms with Gasteiger partial charge in [-0.15, -0.1) is 0 Å². The van der Waals surface area contributed by atoms with Crippen LogP contribution in [0.25, 0.3) is 0 Å². The third kappa shape index (κ3) is 2.23. The van der Waals surface area contributed by atoms with Gasteiger partial charge in [0.05, 0.1) is 0 Å². The summed E-state index contributed by atoms with van der Waals surface area (Å²) in [5.74, 6) is 0. The lowest BCUT2D eigenvalue weighted by molar-refractivity contribution is 0.778. The number of hydrogen-bond donors (Lipinski definition) is 0. The summed E-state index contributed by atoms with van der Waals surface area (Å²) < 4.78 is 1.05. The third-order valence-electron chi connectivity index (χ3n) is 1.93. The summed E-state index contributed by atoms with van der Waals surface area (Å²) in [5, 5.41) is 0. The summed E-state index contributed by atoms with van der Waals surface area (Å²) in [6, 6.07) is 4.08. The summed E-state index contributed by atoms with van der Waals surface area (Å²) in [6.45, 7) is 4.39. The van der Waals surface area contributed by atoms with Crippen LogP contribution >= 0.6 is 27.7 Å². The van der Waals surface area contributed by atoms with Crippen LogP contribution in [0.1, 0.15) is 19.4 Å². The SMILES string of the molecule is CSC(C)(C)c1ccc(Br)nc1. The second kappa shape index (κ2) is 3.79. The van der Waals surface area contributed by atoms with Gasteiger partial charge in [0.1, 0.15) is 4.60 Å². The normalized spacial score (nSPS) is 11.7. The molecular weight excluding hydrogens is 234 g/mol. The van der Waals surface area contributed by atoms with E-state index in [1.165, 1.54) is 5.56 Å². The van der Waals surface area contributed by atoms with Gasteiger partial charge in [0.25, 0.3) is 0 Å². The van der Waals surface area contributed by atoms with E-state index in [1.807, 2.05) is 24.0 Å². The number of halogens is 1. The fourth-order valence-corrected chi connectivity index (χ4v) is 1.44. The first-order valence-electron chi connectivity index (χ1n) is 3.73. The van der Waals surface area contributed by atoms with Gasteiger partial charge in [-0.2, -0.15) is 11.8 Å². The maximum absolute atomic E-state index is 4.20. The van der Waals surface area contributed by atoms with Crippen molar-refractivity contribution >= 4 is 27.7 Å². The van der Waals surface area contributed by atoms with E-state index < -0.39 is 0 Å². The van der Waals surface area contributed by atoms with E-state index in [9.17, 15) is 0 Å². The molecule has 66 valence electrons. The largest absolute Gasteiger partial charge is 0.249 e. The van der Waals surface area contributed by atoms with Crippen LogP contribution in [-0.2, 0) is 4.75 Å². The molecule has 1 rings (SSSR count). The van der Waals surface area contributed by atoms with Crippen molar-refractivity contribution in [3.63, 3.8) is 0 Å². The van der Waals surface area contributed by atoms with Crippen LogP contribution in [0.5, 0.6) is 0 Å². The van der Waals surface area contributed by atoms with Gasteiger partial charge in [0.15, 0.2) is 0 Å². The lowest BCUT2D eigenvalue weighted by atomic mass is 10.1. The molecule has 0 bridgehead atoms. The van der Waals surface area contributed by atoms with Gasteiger partial charge in [-0.1, -0.05) is 6.07 Å². The van der Waals surface area contributed by atoms with Crippen LogP contribution in [0.15, 0.2) is 22.9 Å². The predicted octanol–water partition coefficient (Wildman–Crippen LogP) is 3.44. The summed E-state index contributed by atoms with van der Waals surface area (Å²) in [4.78, 5) is 4.20. The zero-order valence-corrected chi connectivity index (χ0v) is 9.87. The van der Waals surface area contributed by atoms with Crippen molar-refractivity contribution in [1.82, 2.24) is 4.98 Å². The summed E-state index contributed by atoms with van der Waals surface area (Å²) in [7, 11) is 0. The van der Waals surface area contributed by atoms with Gasteiger partial charge >= 0.3 is 0 Å². The Morgan fingerprint density at radius 2 is 2.08 bits per heavy atom. The van der Waals surface area contributed by atoms with Crippen molar-refractivity contribution in [2.45, 2.75) is 18.6 Å². The van der Waals surface area contributed by atoms with Gasteiger partial charge in [-0.05, 0) is 47.7 Å². The Balaban J connectivity index is 2.96. The standard InChI is InChI=1S/C9H12BrNS/c1-9(2,12-3)7-4-5-8(10)11-6-7/h4-6H,1-3H3. The Labute approximate surface area is 86.1 Å². The molecule has 0 saturated carbocycles. The molecule has 0 fully saturated rings. The lowest BCUT2D eigenvalue weighted by Crippen LogP contribution is -2.11. The molecule has 0 radical (unpaired) electrons. The fraction of sp³-hybridized carbons (Fsp3) is 0.444. The van der Waals surface area contributed by atoms with E-state index in [2.05, 4.69) is 47.1 Å². The first kappa shape index (κ1) is 10.1. The maximum Gasteiger partial charge on any atom is 0.106 e. The monoisotopic (exact) mass is 245 g/mol. The molecule has 0 N–H and O–H groups in total. The van der Waals surface area contributed by atoms with E-state index in [0.717, 1.165) is 4.60 Å². The zero-order chi connectivity index (χ0) is 9.19. The molecule has 0 aliphatic heterocycles. The van der Waals surface area contributed by atoms with Crippen molar-refractivity contribution < 1.29 is 0 Å². The molecule has 12 heavy (non-hydrogen) atoms. The van der Waals surface area contributed by atoms with Crippen molar-refractivity contribution in [3.05, 3.63) is 28.5 Å².